The number of hydrogen-bond donors (Lipinski definition) is 0. The summed E-state index contributed by atoms with van der Waals surface area (Å²) in [7, 11) is -1.35. The minimum absolute atomic E-state index is 0.323. The Morgan fingerprint density at radius 1 is 1.26 bits per heavy atom. The normalized spacial score (nSPS) is 13.9. The molecule has 0 aliphatic rings. The lowest BCUT2D eigenvalue weighted by molar-refractivity contribution is -0.142. The number of rotatable bonds is 6. The van der Waals surface area contributed by atoms with Crippen LogP contribution >= 0.6 is 0 Å². The maximum absolute atomic E-state index is 12.5. The van der Waals surface area contributed by atoms with Gasteiger partial charge < -0.3 is 4.74 Å². The molecule has 19 heavy (non-hydrogen) atoms. The molecule has 0 radical (unpaired) electrons. The Kier molecular flexibility index (Phi) is 6.22. The van der Waals surface area contributed by atoms with Crippen molar-refractivity contribution in [2.75, 3.05) is 6.61 Å². The van der Waals surface area contributed by atoms with Crippen molar-refractivity contribution in [2.45, 2.75) is 50.7 Å². The molecule has 2 atom stereocenters. The highest BCUT2D eigenvalue weighted by atomic mass is 32.2. The lowest BCUT2D eigenvalue weighted by Gasteiger charge is -2.15. The maximum atomic E-state index is 12.5. The zero-order valence-electron chi connectivity index (χ0n) is 12.1. The first-order valence-corrected chi connectivity index (χ1v) is 7.87. The molecule has 1 aromatic rings. The number of ether oxygens (including phenoxy) is 1. The van der Waals surface area contributed by atoms with Gasteiger partial charge in [-0.3, -0.25) is 9.00 Å². The Bertz CT molecular complexity index is 468. The molecular weight excluding hydrogens is 260 g/mol. The predicted octanol–water partition coefficient (Wildman–Crippen LogP) is 3.14. The van der Waals surface area contributed by atoms with Gasteiger partial charge in [0, 0.05) is 4.90 Å². The van der Waals surface area contributed by atoms with E-state index in [1.807, 2.05) is 39.0 Å². The molecule has 0 aliphatic heterocycles. The molecule has 106 valence electrons. The number of benzene rings is 1. The van der Waals surface area contributed by atoms with Gasteiger partial charge in [-0.2, -0.15) is 0 Å². The molecule has 4 heteroatoms. The van der Waals surface area contributed by atoms with Gasteiger partial charge in [-0.25, -0.2) is 0 Å². The maximum Gasteiger partial charge on any atom is 0.322 e. The molecule has 0 saturated carbocycles. The molecule has 1 rings (SSSR count). The molecule has 2 unspecified atom stereocenters. The standard InChI is InChI=1S/C15H22O3S/c1-5-7-14(15(16)18-6-2)19(17)13-9-8-11(3)12(4)10-13/h8-10,14H,5-7H2,1-4H3. The summed E-state index contributed by atoms with van der Waals surface area (Å²) in [6, 6.07) is 5.67. The summed E-state index contributed by atoms with van der Waals surface area (Å²) in [5.41, 5.74) is 2.24. The first kappa shape index (κ1) is 15.9. The third-order valence-electron chi connectivity index (χ3n) is 3.07. The monoisotopic (exact) mass is 282 g/mol. The largest absolute Gasteiger partial charge is 0.465 e. The Morgan fingerprint density at radius 3 is 2.47 bits per heavy atom. The van der Waals surface area contributed by atoms with E-state index in [1.54, 1.807) is 6.92 Å². The summed E-state index contributed by atoms with van der Waals surface area (Å²) in [4.78, 5) is 12.6. The van der Waals surface area contributed by atoms with E-state index in [9.17, 15) is 9.00 Å². The van der Waals surface area contributed by atoms with Gasteiger partial charge in [-0.1, -0.05) is 19.4 Å². The van der Waals surface area contributed by atoms with E-state index in [2.05, 4.69) is 0 Å². The number of hydrogen-bond acceptors (Lipinski definition) is 3. The van der Waals surface area contributed by atoms with Crippen LogP contribution in [0.15, 0.2) is 23.1 Å². The van der Waals surface area contributed by atoms with E-state index in [0.29, 0.717) is 17.9 Å². The summed E-state index contributed by atoms with van der Waals surface area (Å²) < 4.78 is 17.5. The summed E-state index contributed by atoms with van der Waals surface area (Å²) >= 11 is 0. The van der Waals surface area contributed by atoms with Gasteiger partial charge in [0.05, 0.1) is 17.4 Å². The average molecular weight is 282 g/mol. The van der Waals surface area contributed by atoms with Crippen LogP contribution in [0.4, 0.5) is 0 Å². The van der Waals surface area contributed by atoms with Crippen molar-refractivity contribution in [3.63, 3.8) is 0 Å². The molecule has 0 saturated heterocycles. The molecular formula is C15H22O3S. The minimum atomic E-state index is -1.35. The van der Waals surface area contributed by atoms with Crippen molar-refractivity contribution in [1.29, 1.82) is 0 Å². The molecule has 0 heterocycles. The van der Waals surface area contributed by atoms with Crippen LogP contribution in [0.25, 0.3) is 0 Å². The van der Waals surface area contributed by atoms with Gasteiger partial charge in [0.2, 0.25) is 0 Å². The lowest BCUT2D eigenvalue weighted by atomic mass is 10.1. The molecule has 0 aromatic heterocycles. The molecule has 0 spiro atoms. The van der Waals surface area contributed by atoms with E-state index in [0.717, 1.165) is 17.5 Å². The van der Waals surface area contributed by atoms with Crippen molar-refractivity contribution < 1.29 is 13.7 Å². The second-order valence-corrected chi connectivity index (χ2v) is 6.21. The SMILES string of the molecule is CCCC(C(=O)OCC)S(=O)c1ccc(C)c(C)c1. The summed E-state index contributed by atoms with van der Waals surface area (Å²) in [5.74, 6) is -0.360. The van der Waals surface area contributed by atoms with Gasteiger partial charge in [0.25, 0.3) is 0 Å². The molecule has 0 N–H and O–H groups in total. The molecule has 1 aromatic carbocycles. The first-order valence-electron chi connectivity index (χ1n) is 6.65. The van der Waals surface area contributed by atoms with Gasteiger partial charge in [-0.05, 0) is 50.5 Å². The van der Waals surface area contributed by atoms with Crippen molar-refractivity contribution in [3.05, 3.63) is 29.3 Å². The second kappa shape index (κ2) is 7.43. The van der Waals surface area contributed by atoms with Crippen molar-refractivity contribution >= 4 is 16.8 Å². The topological polar surface area (TPSA) is 43.4 Å². The first-order chi connectivity index (χ1) is 9.01. The van der Waals surface area contributed by atoms with Crippen molar-refractivity contribution in [2.24, 2.45) is 0 Å². The highest BCUT2D eigenvalue weighted by molar-refractivity contribution is 7.86. The zero-order valence-corrected chi connectivity index (χ0v) is 12.9. The highest BCUT2D eigenvalue weighted by Gasteiger charge is 2.26. The molecule has 0 bridgehead atoms. The van der Waals surface area contributed by atoms with Crippen LogP contribution in [0.3, 0.4) is 0 Å². The third-order valence-corrected chi connectivity index (χ3v) is 4.73. The zero-order chi connectivity index (χ0) is 14.4. The summed E-state index contributed by atoms with van der Waals surface area (Å²) in [5, 5.41) is -0.563. The predicted molar refractivity (Wildman–Crippen MR) is 77.7 cm³/mol. The Morgan fingerprint density at radius 2 is 1.95 bits per heavy atom. The van der Waals surface area contributed by atoms with E-state index >= 15 is 0 Å². The number of esters is 1. The van der Waals surface area contributed by atoms with Crippen molar-refractivity contribution in [3.8, 4) is 0 Å². The molecule has 0 fully saturated rings. The fourth-order valence-corrected chi connectivity index (χ4v) is 3.33. The van der Waals surface area contributed by atoms with E-state index in [-0.39, 0.29) is 5.97 Å². The molecule has 3 nitrogen and oxygen atoms in total. The fraction of sp³-hybridized carbons (Fsp3) is 0.533. The summed E-state index contributed by atoms with van der Waals surface area (Å²) in [6.45, 7) is 8.05. The summed E-state index contributed by atoms with van der Waals surface area (Å²) in [6.07, 6.45) is 1.39. The quantitative estimate of drug-likeness (QED) is 0.753. The fourth-order valence-electron chi connectivity index (χ4n) is 1.81. The van der Waals surface area contributed by atoms with Crippen LogP contribution in [0.1, 0.15) is 37.8 Å². The van der Waals surface area contributed by atoms with E-state index < -0.39 is 16.0 Å². The Labute approximate surface area is 117 Å². The van der Waals surface area contributed by atoms with Crippen LogP contribution in [0.2, 0.25) is 0 Å². The Hall–Kier alpha value is -1.16. The van der Waals surface area contributed by atoms with Gasteiger partial charge >= 0.3 is 5.97 Å². The van der Waals surface area contributed by atoms with Crippen LogP contribution in [0.5, 0.6) is 0 Å². The van der Waals surface area contributed by atoms with E-state index in [1.165, 1.54) is 0 Å². The molecule has 0 aliphatic carbocycles. The lowest BCUT2D eigenvalue weighted by Crippen LogP contribution is -2.28. The number of carbonyl (C=O) groups is 1. The average Bonchev–Trinajstić information content (AvgIpc) is 2.38. The van der Waals surface area contributed by atoms with Crippen LogP contribution < -0.4 is 0 Å². The smallest absolute Gasteiger partial charge is 0.322 e. The Balaban J connectivity index is 2.98. The van der Waals surface area contributed by atoms with Crippen LogP contribution in [0, 0.1) is 13.8 Å². The van der Waals surface area contributed by atoms with Crippen LogP contribution in [-0.4, -0.2) is 22.0 Å². The van der Waals surface area contributed by atoms with Gasteiger partial charge in [0.1, 0.15) is 5.25 Å². The van der Waals surface area contributed by atoms with Gasteiger partial charge in [-0.15, -0.1) is 0 Å². The van der Waals surface area contributed by atoms with Gasteiger partial charge in [0.15, 0.2) is 0 Å². The van der Waals surface area contributed by atoms with Crippen molar-refractivity contribution in [1.82, 2.24) is 0 Å². The number of carbonyl (C=O) groups excluding carboxylic acids is 1. The number of aryl methyl sites for hydroxylation is 2. The molecule has 0 amide bonds. The third kappa shape index (κ3) is 4.16. The van der Waals surface area contributed by atoms with E-state index in [4.69, 9.17) is 4.74 Å². The van der Waals surface area contributed by atoms with Crippen LogP contribution in [-0.2, 0) is 20.3 Å². The highest BCUT2D eigenvalue weighted by Crippen LogP contribution is 2.19. The second-order valence-electron chi connectivity index (χ2n) is 4.57. The minimum Gasteiger partial charge on any atom is -0.465 e.